The summed E-state index contributed by atoms with van der Waals surface area (Å²) in [6, 6.07) is 14.4. The molecule has 1 heterocycles. The molecule has 0 unspecified atom stereocenters. The first-order chi connectivity index (χ1) is 19.1. The van der Waals surface area contributed by atoms with Gasteiger partial charge in [-0.15, -0.1) is 0 Å². The van der Waals surface area contributed by atoms with Crippen LogP contribution in [0.5, 0.6) is 11.5 Å². The average molecular weight is 627 g/mol. The Hall–Kier alpha value is -3.69. The molecule has 0 N–H and O–H groups in total. The Labute approximate surface area is 245 Å². The van der Waals surface area contributed by atoms with E-state index in [1.54, 1.807) is 30.3 Å². The number of benzene rings is 3. The predicted octanol–water partition coefficient (Wildman–Crippen LogP) is 6.74. The number of para-hydroxylation sites is 1. The number of hydrogen-bond donors (Lipinski definition) is 0. The standard InChI is InChI=1S/C30H29BrClN3O5/c1-6-39-26-11-18(4)23(14-22(26)17(2)3)29-34-25-10-8-7-9-21(25)30(37)35(29)33-15-19-12-20(32)13-24(31)28(19)40-16-27(36)38-5/h7-15,17H,6,16H2,1-5H3. The Balaban J connectivity index is 1.94. The van der Waals surface area contributed by atoms with Gasteiger partial charge in [-0.1, -0.05) is 37.6 Å². The summed E-state index contributed by atoms with van der Waals surface area (Å²) in [4.78, 5) is 30.3. The molecule has 0 amide bonds. The van der Waals surface area contributed by atoms with Gasteiger partial charge < -0.3 is 14.2 Å². The molecule has 1 aromatic heterocycles. The van der Waals surface area contributed by atoms with Crippen LogP contribution in [-0.4, -0.2) is 42.2 Å². The molecule has 0 spiro atoms. The highest BCUT2D eigenvalue weighted by Crippen LogP contribution is 2.35. The Bertz CT molecular complexity index is 1670. The van der Waals surface area contributed by atoms with Crippen LogP contribution in [-0.2, 0) is 9.53 Å². The lowest BCUT2D eigenvalue weighted by Gasteiger charge is -2.18. The number of hydrogen-bond acceptors (Lipinski definition) is 7. The van der Waals surface area contributed by atoms with Crippen LogP contribution in [0.25, 0.3) is 22.3 Å². The summed E-state index contributed by atoms with van der Waals surface area (Å²) >= 11 is 9.74. The van der Waals surface area contributed by atoms with Crippen molar-refractivity contribution in [3.8, 4) is 22.9 Å². The second-order valence-corrected chi connectivity index (χ2v) is 10.6. The molecule has 4 rings (SSSR count). The van der Waals surface area contributed by atoms with Gasteiger partial charge in [0.2, 0.25) is 0 Å². The van der Waals surface area contributed by atoms with E-state index < -0.39 is 5.97 Å². The molecule has 0 aliphatic carbocycles. The molecule has 0 saturated heterocycles. The molecule has 0 aliphatic heterocycles. The van der Waals surface area contributed by atoms with E-state index in [9.17, 15) is 9.59 Å². The van der Waals surface area contributed by atoms with Crippen molar-refractivity contribution in [3.63, 3.8) is 0 Å². The fraction of sp³-hybridized carbons (Fsp3) is 0.267. The highest BCUT2D eigenvalue weighted by atomic mass is 79.9. The Morgan fingerprint density at radius 3 is 2.62 bits per heavy atom. The van der Waals surface area contributed by atoms with Crippen molar-refractivity contribution in [1.82, 2.24) is 9.66 Å². The Morgan fingerprint density at radius 2 is 1.93 bits per heavy atom. The summed E-state index contributed by atoms with van der Waals surface area (Å²) in [7, 11) is 1.28. The zero-order chi connectivity index (χ0) is 29.0. The minimum atomic E-state index is -0.547. The highest BCUT2D eigenvalue weighted by molar-refractivity contribution is 9.10. The number of aryl methyl sites for hydroxylation is 1. The van der Waals surface area contributed by atoms with Crippen LogP contribution in [0.3, 0.4) is 0 Å². The summed E-state index contributed by atoms with van der Waals surface area (Å²) < 4.78 is 18.1. The third kappa shape index (κ3) is 6.21. The topological polar surface area (TPSA) is 92.0 Å². The third-order valence-electron chi connectivity index (χ3n) is 6.18. The number of nitrogens with zero attached hydrogens (tertiary/aromatic N) is 3. The molecular formula is C30H29BrClN3O5. The van der Waals surface area contributed by atoms with Crippen molar-refractivity contribution in [2.24, 2.45) is 5.10 Å². The molecule has 40 heavy (non-hydrogen) atoms. The molecule has 208 valence electrons. The minimum Gasteiger partial charge on any atom is -0.494 e. The maximum absolute atomic E-state index is 13.8. The van der Waals surface area contributed by atoms with Crippen molar-refractivity contribution in [3.05, 3.63) is 85.1 Å². The maximum atomic E-state index is 13.8. The summed E-state index contributed by atoms with van der Waals surface area (Å²) in [5.74, 6) is 1.12. The predicted molar refractivity (Wildman–Crippen MR) is 161 cm³/mol. The van der Waals surface area contributed by atoms with E-state index in [0.29, 0.717) is 44.1 Å². The number of methoxy groups -OCH3 is 1. The van der Waals surface area contributed by atoms with E-state index in [1.165, 1.54) is 18.0 Å². The van der Waals surface area contributed by atoms with Crippen molar-refractivity contribution in [2.75, 3.05) is 20.3 Å². The summed E-state index contributed by atoms with van der Waals surface area (Å²) in [6.07, 6.45) is 1.46. The number of rotatable bonds is 9. The van der Waals surface area contributed by atoms with Crippen molar-refractivity contribution in [1.29, 1.82) is 0 Å². The van der Waals surface area contributed by atoms with Crippen LogP contribution in [0.4, 0.5) is 0 Å². The lowest BCUT2D eigenvalue weighted by atomic mass is 9.96. The summed E-state index contributed by atoms with van der Waals surface area (Å²) in [6.45, 7) is 8.29. The van der Waals surface area contributed by atoms with Crippen molar-refractivity contribution >= 4 is 50.6 Å². The fourth-order valence-corrected chi connectivity index (χ4v) is 5.16. The molecule has 4 aromatic rings. The van der Waals surface area contributed by atoms with E-state index in [2.05, 4.69) is 39.6 Å². The van der Waals surface area contributed by atoms with E-state index >= 15 is 0 Å². The van der Waals surface area contributed by atoms with Gasteiger partial charge >= 0.3 is 5.97 Å². The van der Waals surface area contributed by atoms with Gasteiger partial charge in [-0.3, -0.25) is 4.79 Å². The molecule has 0 saturated carbocycles. The van der Waals surface area contributed by atoms with Crippen LogP contribution >= 0.6 is 27.5 Å². The van der Waals surface area contributed by atoms with Crippen molar-refractivity contribution in [2.45, 2.75) is 33.6 Å². The van der Waals surface area contributed by atoms with E-state index in [-0.39, 0.29) is 18.1 Å². The number of aromatic nitrogens is 2. The van der Waals surface area contributed by atoms with Gasteiger partial charge in [0.25, 0.3) is 5.56 Å². The smallest absolute Gasteiger partial charge is 0.343 e. The number of fused-ring (bicyclic) bond motifs is 1. The normalized spacial score (nSPS) is 11.4. The van der Waals surface area contributed by atoms with Crippen LogP contribution in [0.2, 0.25) is 5.02 Å². The van der Waals surface area contributed by atoms with Gasteiger partial charge in [-0.05, 0) is 83.2 Å². The van der Waals surface area contributed by atoms with Gasteiger partial charge in [-0.2, -0.15) is 9.78 Å². The lowest BCUT2D eigenvalue weighted by molar-refractivity contribution is -0.142. The van der Waals surface area contributed by atoms with Crippen LogP contribution in [0, 0.1) is 6.92 Å². The maximum Gasteiger partial charge on any atom is 0.343 e. The zero-order valence-electron chi connectivity index (χ0n) is 22.8. The Morgan fingerprint density at radius 1 is 1.18 bits per heavy atom. The van der Waals surface area contributed by atoms with Crippen LogP contribution in [0.15, 0.2) is 62.9 Å². The quantitative estimate of drug-likeness (QED) is 0.151. The van der Waals surface area contributed by atoms with Crippen LogP contribution in [0.1, 0.15) is 43.4 Å². The molecule has 0 fully saturated rings. The summed E-state index contributed by atoms with van der Waals surface area (Å²) in [5.41, 5.74) is 3.29. The molecule has 0 bridgehead atoms. The minimum absolute atomic E-state index is 0.170. The van der Waals surface area contributed by atoms with Gasteiger partial charge in [0.15, 0.2) is 12.4 Å². The molecule has 10 heteroatoms. The lowest BCUT2D eigenvalue weighted by Crippen LogP contribution is -2.21. The highest BCUT2D eigenvalue weighted by Gasteiger charge is 2.19. The monoisotopic (exact) mass is 625 g/mol. The van der Waals surface area contributed by atoms with Gasteiger partial charge in [-0.25, -0.2) is 9.78 Å². The van der Waals surface area contributed by atoms with Gasteiger partial charge in [0.1, 0.15) is 11.5 Å². The van der Waals surface area contributed by atoms with E-state index in [4.69, 9.17) is 26.1 Å². The molecule has 8 nitrogen and oxygen atoms in total. The molecule has 3 aromatic carbocycles. The van der Waals surface area contributed by atoms with Crippen LogP contribution < -0.4 is 15.0 Å². The summed E-state index contributed by atoms with van der Waals surface area (Å²) in [5, 5.41) is 5.41. The number of halogens is 2. The fourth-order valence-electron chi connectivity index (χ4n) is 4.21. The number of carbonyl (C=O) groups excluding carboxylic acids is 1. The third-order valence-corrected chi connectivity index (χ3v) is 6.99. The molecular weight excluding hydrogens is 598 g/mol. The Kier molecular flexibility index (Phi) is 9.27. The SMILES string of the molecule is CCOc1cc(C)c(-c2nc3ccccc3c(=O)n2N=Cc2cc(Cl)cc(Br)c2OCC(=O)OC)cc1C(C)C. The molecule has 0 radical (unpaired) electrons. The largest absolute Gasteiger partial charge is 0.494 e. The van der Waals surface area contributed by atoms with Gasteiger partial charge in [0, 0.05) is 16.1 Å². The van der Waals surface area contributed by atoms with Crippen molar-refractivity contribution < 1.29 is 19.0 Å². The first kappa shape index (κ1) is 29.3. The van der Waals surface area contributed by atoms with Gasteiger partial charge in [0.05, 0.1) is 35.3 Å². The first-order valence-electron chi connectivity index (χ1n) is 12.7. The second-order valence-electron chi connectivity index (χ2n) is 9.28. The number of ether oxygens (including phenoxy) is 3. The van der Waals surface area contributed by atoms with E-state index in [0.717, 1.165) is 22.4 Å². The van der Waals surface area contributed by atoms with E-state index in [1.807, 2.05) is 32.0 Å². The second kappa shape index (κ2) is 12.7. The first-order valence-corrected chi connectivity index (χ1v) is 13.8. The number of carbonyl (C=O) groups is 1. The molecule has 0 atom stereocenters. The zero-order valence-corrected chi connectivity index (χ0v) is 25.2. The number of esters is 1. The molecule has 0 aliphatic rings. The average Bonchev–Trinajstić information content (AvgIpc) is 2.91.